The quantitative estimate of drug-likeness (QED) is 0.692. The first-order chi connectivity index (χ1) is 14.4. The van der Waals surface area contributed by atoms with Crippen molar-refractivity contribution < 1.29 is 14.3 Å². The van der Waals surface area contributed by atoms with Gasteiger partial charge in [0.25, 0.3) is 11.8 Å². The number of carbonyl (C=O) groups excluding carboxylic acids is 2. The predicted octanol–water partition coefficient (Wildman–Crippen LogP) is 3.13. The van der Waals surface area contributed by atoms with Crippen LogP contribution in [0.3, 0.4) is 0 Å². The van der Waals surface area contributed by atoms with Gasteiger partial charge in [-0.2, -0.15) is 0 Å². The largest absolute Gasteiger partial charge is 0.378 e. The van der Waals surface area contributed by atoms with E-state index in [0.29, 0.717) is 12.1 Å². The van der Waals surface area contributed by atoms with E-state index in [9.17, 15) is 9.59 Å². The fraction of sp³-hybridized carbons (Fsp3) is 0.333. The molecule has 30 heavy (non-hydrogen) atoms. The molecule has 0 bridgehead atoms. The Morgan fingerprint density at radius 3 is 2.40 bits per heavy atom. The van der Waals surface area contributed by atoms with E-state index in [-0.39, 0.29) is 23.6 Å². The Bertz CT molecular complexity index is 896. The SMILES string of the molecule is Cc1ccc(C(=O)N/C(=C/c2ccc(N(C)C)cc2)C(=O)NC[C@H]2CCCO2)cc1. The molecule has 1 aliphatic heterocycles. The van der Waals surface area contributed by atoms with Gasteiger partial charge in [0.15, 0.2) is 0 Å². The molecule has 1 fully saturated rings. The molecule has 0 saturated carbocycles. The van der Waals surface area contributed by atoms with E-state index in [2.05, 4.69) is 10.6 Å². The summed E-state index contributed by atoms with van der Waals surface area (Å²) >= 11 is 0. The van der Waals surface area contributed by atoms with E-state index < -0.39 is 0 Å². The molecule has 1 aliphatic rings. The molecular weight excluding hydrogens is 378 g/mol. The number of hydrogen-bond acceptors (Lipinski definition) is 4. The van der Waals surface area contributed by atoms with Crippen molar-refractivity contribution in [3.05, 3.63) is 70.9 Å². The number of nitrogens with zero attached hydrogens (tertiary/aromatic N) is 1. The van der Waals surface area contributed by atoms with E-state index in [1.54, 1.807) is 18.2 Å². The van der Waals surface area contributed by atoms with Crippen LogP contribution in [0.5, 0.6) is 0 Å². The second-order valence-electron chi connectivity index (χ2n) is 7.71. The van der Waals surface area contributed by atoms with E-state index >= 15 is 0 Å². The molecule has 2 aromatic carbocycles. The van der Waals surface area contributed by atoms with Gasteiger partial charge in [0, 0.05) is 38.5 Å². The summed E-state index contributed by atoms with van der Waals surface area (Å²) in [4.78, 5) is 27.5. The first-order valence-corrected chi connectivity index (χ1v) is 10.2. The highest BCUT2D eigenvalue weighted by Gasteiger charge is 2.19. The minimum atomic E-state index is -0.331. The molecule has 2 N–H and O–H groups in total. The molecule has 3 rings (SSSR count). The predicted molar refractivity (Wildman–Crippen MR) is 119 cm³/mol. The molecule has 0 radical (unpaired) electrons. The first-order valence-electron chi connectivity index (χ1n) is 10.2. The normalized spacial score (nSPS) is 16.2. The Kier molecular flexibility index (Phi) is 7.25. The van der Waals surface area contributed by atoms with Gasteiger partial charge in [0.05, 0.1) is 6.10 Å². The number of nitrogens with one attached hydrogen (secondary N) is 2. The van der Waals surface area contributed by atoms with Crippen molar-refractivity contribution in [1.29, 1.82) is 0 Å². The highest BCUT2D eigenvalue weighted by atomic mass is 16.5. The smallest absolute Gasteiger partial charge is 0.267 e. The molecular formula is C24H29N3O3. The van der Waals surface area contributed by atoms with E-state index in [1.165, 1.54) is 0 Å². The molecule has 0 unspecified atom stereocenters. The number of aryl methyl sites for hydroxylation is 1. The van der Waals surface area contributed by atoms with E-state index in [1.807, 2.05) is 62.3 Å². The van der Waals surface area contributed by atoms with E-state index in [4.69, 9.17) is 4.74 Å². The van der Waals surface area contributed by atoms with Crippen LogP contribution in [0.25, 0.3) is 6.08 Å². The Balaban J connectivity index is 1.78. The van der Waals surface area contributed by atoms with Gasteiger partial charge in [0.2, 0.25) is 0 Å². The summed E-state index contributed by atoms with van der Waals surface area (Å²) in [5, 5.41) is 5.66. The van der Waals surface area contributed by atoms with Crippen LogP contribution in [0.15, 0.2) is 54.2 Å². The molecule has 2 aromatic rings. The van der Waals surface area contributed by atoms with Crippen LogP contribution in [0, 0.1) is 6.92 Å². The topological polar surface area (TPSA) is 70.7 Å². The second kappa shape index (κ2) is 10.1. The zero-order valence-electron chi connectivity index (χ0n) is 17.8. The van der Waals surface area contributed by atoms with Crippen molar-refractivity contribution in [2.75, 3.05) is 32.1 Å². The molecule has 0 spiro atoms. The standard InChI is InChI=1S/C24H29N3O3/c1-17-6-10-19(11-7-17)23(28)26-22(24(29)25-16-21-5-4-14-30-21)15-18-8-12-20(13-9-18)27(2)3/h6-13,15,21H,4-5,14,16H2,1-3H3,(H,25,29)(H,26,28)/b22-15+/t21-/m1/s1. The lowest BCUT2D eigenvalue weighted by atomic mass is 10.1. The summed E-state index contributed by atoms with van der Waals surface area (Å²) in [6, 6.07) is 15.0. The third-order valence-corrected chi connectivity index (χ3v) is 5.04. The lowest BCUT2D eigenvalue weighted by molar-refractivity contribution is -0.118. The van der Waals surface area contributed by atoms with Crippen molar-refractivity contribution in [2.24, 2.45) is 0 Å². The van der Waals surface area contributed by atoms with Crippen LogP contribution in [-0.2, 0) is 9.53 Å². The monoisotopic (exact) mass is 407 g/mol. The van der Waals surface area contributed by atoms with Crippen LogP contribution in [0.2, 0.25) is 0 Å². The summed E-state index contributed by atoms with van der Waals surface area (Å²) in [6.07, 6.45) is 3.66. The van der Waals surface area contributed by atoms with Crippen molar-refractivity contribution >= 4 is 23.6 Å². The summed E-state index contributed by atoms with van der Waals surface area (Å²) in [5.74, 6) is -0.652. The van der Waals surface area contributed by atoms with Gasteiger partial charge in [-0.25, -0.2) is 0 Å². The first kappa shape index (κ1) is 21.6. The molecule has 2 amide bonds. The van der Waals surface area contributed by atoms with Crippen LogP contribution in [0.4, 0.5) is 5.69 Å². The van der Waals surface area contributed by atoms with Crippen LogP contribution in [0.1, 0.15) is 34.3 Å². The Morgan fingerprint density at radius 1 is 1.10 bits per heavy atom. The minimum absolute atomic E-state index is 0.0300. The van der Waals surface area contributed by atoms with Crippen molar-refractivity contribution in [2.45, 2.75) is 25.9 Å². The zero-order valence-corrected chi connectivity index (χ0v) is 17.8. The molecule has 0 aliphatic carbocycles. The third-order valence-electron chi connectivity index (χ3n) is 5.04. The minimum Gasteiger partial charge on any atom is -0.378 e. The third kappa shape index (κ3) is 5.94. The molecule has 158 valence electrons. The maximum Gasteiger partial charge on any atom is 0.267 e. The van der Waals surface area contributed by atoms with Crippen LogP contribution < -0.4 is 15.5 Å². The molecule has 1 atom stereocenters. The molecule has 6 nitrogen and oxygen atoms in total. The van der Waals surface area contributed by atoms with Gasteiger partial charge in [-0.05, 0) is 55.7 Å². The summed E-state index contributed by atoms with van der Waals surface area (Å²) in [6.45, 7) is 3.12. The average Bonchev–Trinajstić information content (AvgIpc) is 3.26. The number of ether oxygens (including phenoxy) is 1. The Morgan fingerprint density at radius 2 is 1.80 bits per heavy atom. The number of carbonyl (C=O) groups is 2. The highest BCUT2D eigenvalue weighted by molar-refractivity contribution is 6.05. The summed E-state index contributed by atoms with van der Waals surface area (Å²) < 4.78 is 5.57. The number of rotatable bonds is 7. The number of amides is 2. The van der Waals surface area contributed by atoms with Crippen molar-refractivity contribution in [1.82, 2.24) is 10.6 Å². The zero-order chi connectivity index (χ0) is 21.5. The molecule has 1 heterocycles. The van der Waals surface area contributed by atoms with E-state index in [0.717, 1.165) is 36.3 Å². The lowest BCUT2D eigenvalue weighted by Gasteiger charge is -2.15. The highest BCUT2D eigenvalue weighted by Crippen LogP contribution is 2.15. The maximum absolute atomic E-state index is 12.8. The number of benzene rings is 2. The second-order valence-corrected chi connectivity index (χ2v) is 7.71. The van der Waals surface area contributed by atoms with Gasteiger partial charge in [-0.1, -0.05) is 29.8 Å². The summed E-state index contributed by atoms with van der Waals surface area (Å²) in [7, 11) is 3.94. The van der Waals surface area contributed by atoms with Crippen molar-refractivity contribution in [3.63, 3.8) is 0 Å². The van der Waals surface area contributed by atoms with Crippen LogP contribution >= 0.6 is 0 Å². The van der Waals surface area contributed by atoms with Crippen LogP contribution in [-0.4, -0.2) is 45.2 Å². The molecule has 1 saturated heterocycles. The maximum atomic E-state index is 12.8. The van der Waals surface area contributed by atoms with Gasteiger partial charge < -0.3 is 20.3 Å². The lowest BCUT2D eigenvalue weighted by Crippen LogP contribution is -2.38. The van der Waals surface area contributed by atoms with Gasteiger partial charge in [-0.15, -0.1) is 0 Å². The Hall–Kier alpha value is -3.12. The van der Waals surface area contributed by atoms with Gasteiger partial charge in [0.1, 0.15) is 5.70 Å². The average molecular weight is 408 g/mol. The van der Waals surface area contributed by atoms with Gasteiger partial charge in [-0.3, -0.25) is 9.59 Å². The fourth-order valence-corrected chi connectivity index (χ4v) is 3.20. The molecule has 6 heteroatoms. The number of hydrogen-bond donors (Lipinski definition) is 2. The Labute approximate surface area is 177 Å². The van der Waals surface area contributed by atoms with Gasteiger partial charge >= 0.3 is 0 Å². The van der Waals surface area contributed by atoms with Crippen molar-refractivity contribution in [3.8, 4) is 0 Å². The molecule has 0 aromatic heterocycles. The number of anilines is 1. The summed E-state index contributed by atoms with van der Waals surface area (Å²) in [5.41, 5.74) is 3.66. The fourth-order valence-electron chi connectivity index (χ4n) is 3.20.